The summed E-state index contributed by atoms with van der Waals surface area (Å²) in [4.78, 5) is 4.58. The van der Waals surface area contributed by atoms with Crippen LogP contribution in [0.15, 0.2) is 39.9 Å². The number of hydrogen-bond acceptors (Lipinski definition) is 2. The number of aliphatic imine (C=N–C) groups is 1. The first-order chi connectivity index (χ1) is 7.83. The summed E-state index contributed by atoms with van der Waals surface area (Å²) in [6, 6.07) is 6.18. The quantitative estimate of drug-likeness (QED) is 0.832. The number of nitrogens with zero attached hydrogens (tertiary/aromatic N) is 1. The first kappa shape index (κ1) is 13.9. The van der Waals surface area contributed by atoms with Gasteiger partial charge in [0.2, 0.25) is 0 Å². The molecule has 0 unspecified atom stereocenters. The lowest BCUT2D eigenvalue weighted by atomic mass is 10.1. The minimum Gasteiger partial charge on any atom is -0.404 e. The molecular weight excluding hydrogens is 283 g/mol. The Labute approximate surface area is 110 Å². The molecule has 2 N–H and O–H groups in total. The third kappa shape index (κ3) is 4.30. The number of halogens is 2. The second-order valence-corrected chi connectivity index (χ2v) is 5.51. The molecule has 1 aromatic rings. The molecule has 0 aliphatic heterocycles. The highest BCUT2D eigenvalue weighted by Crippen LogP contribution is 2.19. The first-order valence-corrected chi connectivity index (χ1v) is 6.06. The van der Waals surface area contributed by atoms with E-state index in [1.807, 2.05) is 20.8 Å². The smallest absolute Gasteiger partial charge is 0.123 e. The van der Waals surface area contributed by atoms with E-state index in [2.05, 4.69) is 20.9 Å². The maximum absolute atomic E-state index is 12.9. The second kappa shape index (κ2) is 5.45. The van der Waals surface area contributed by atoms with Crippen LogP contribution < -0.4 is 5.73 Å². The highest BCUT2D eigenvalue weighted by atomic mass is 79.9. The summed E-state index contributed by atoms with van der Waals surface area (Å²) in [5.74, 6) is -0.267. The van der Waals surface area contributed by atoms with Gasteiger partial charge in [0.25, 0.3) is 0 Å². The number of hydrogen-bond donors (Lipinski definition) is 1. The highest BCUT2D eigenvalue weighted by Gasteiger charge is 2.13. The summed E-state index contributed by atoms with van der Waals surface area (Å²) in [6.45, 7) is 5.98. The van der Waals surface area contributed by atoms with Crippen LogP contribution in [0, 0.1) is 5.82 Å². The number of allylic oxidation sites excluding steroid dienone is 1. The van der Waals surface area contributed by atoms with Gasteiger partial charge >= 0.3 is 0 Å². The zero-order valence-electron chi connectivity index (χ0n) is 10.2. The van der Waals surface area contributed by atoms with Gasteiger partial charge in [-0.3, -0.25) is 4.99 Å². The van der Waals surface area contributed by atoms with Crippen molar-refractivity contribution in [2.75, 3.05) is 0 Å². The predicted octanol–water partition coefficient (Wildman–Crippen LogP) is 3.61. The van der Waals surface area contributed by atoms with Gasteiger partial charge < -0.3 is 5.73 Å². The molecule has 1 aromatic carbocycles. The Morgan fingerprint density at radius 1 is 1.29 bits per heavy atom. The van der Waals surface area contributed by atoms with Gasteiger partial charge in [0, 0.05) is 11.8 Å². The van der Waals surface area contributed by atoms with Crippen LogP contribution in [0.25, 0.3) is 0 Å². The number of nitrogens with two attached hydrogens (primary N) is 1. The molecule has 92 valence electrons. The van der Waals surface area contributed by atoms with E-state index >= 15 is 0 Å². The molecule has 0 aliphatic carbocycles. The van der Waals surface area contributed by atoms with Crippen LogP contribution in [0.1, 0.15) is 26.3 Å². The SMILES string of the molecule is CC(C)(C)N=C(C(Br)=CN)c1ccc(F)cc1. The third-order valence-electron chi connectivity index (χ3n) is 1.94. The molecule has 1 rings (SSSR count). The summed E-state index contributed by atoms with van der Waals surface area (Å²) in [5, 5.41) is 0. The van der Waals surface area contributed by atoms with Crippen LogP contribution in [0.5, 0.6) is 0 Å². The molecule has 0 fully saturated rings. The Balaban J connectivity index is 3.26. The number of rotatable bonds is 2. The summed E-state index contributed by atoms with van der Waals surface area (Å²) < 4.78 is 13.6. The van der Waals surface area contributed by atoms with Crippen LogP contribution >= 0.6 is 15.9 Å². The fourth-order valence-corrected chi connectivity index (χ4v) is 1.60. The van der Waals surface area contributed by atoms with Gasteiger partial charge in [-0.05, 0) is 61.0 Å². The maximum atomic E-state index is 12.9. The van der Waals surface area contributed by atoms with Crippen molar-refractivity contribution in [1.82, 2.24) is 0 Å². The van der Waals surface area contributed by atoms with Gasteiger partial charge in [0.1, 0.15) is 5.82 Å². The Kier molecular flexibility index (Phi) is 4.46. The van der Waals surface area contributed by atoms with E-state index < -0.39 is 0 Å². The largest absolute Gasteiger partial charge is 0.404 e. The van der Waals surface area contributed by atoms with Crippen molar-refractivity contribution in [3.8, 4) is 0 Å². The van der Waals surface area contributed by atoms with Crippen LogP contribution in [0.2, 0.25) is 0 Å². The monoisotopic (exact) mass is 298 g/mol. The van der Waals surface area contributed by atoms with Crippen LogP contribution in [0.3, 0.4) is 0 Å². The van der Waals surface area contributed by atoms with Gasteiger partial charge in [-0.1, -0.05) is 0 Å². The standard InChI is InChI=1S/C13H16BrFN2/c1-13(2,3)17-12(11(14)8-16)9-4-6-10(15)7-5-9/h4-8H,16H2,1-3H3. The van der Waals surface area contributed by atoms with Gasteiger partial charge in [-0.15, -0.1) is 0 Å². The summed E-state index contributed by atoms with van der Waals surface area (Å²) in [5.41, 5.74) is 6.82. The van der Waals surface area contributed by atoms with Crippen molar-refractivity contribution in [3.63, 3.8) is 0 Å². The lowest BCUT2D eigenvalue weighted by Crippen LogP contribution is -2.15. The lowest BCUT2D eigenvalue weighted by Gasteiger charge is -2.16. The zero-order valence-corrected chi connectivity index (χ0v) is 11.8. The van der Waals surface area contributed by atoms with Gasteiger partial charge in [-0.25, -0.2) is 4.39 Å². The average molecular weight is 299 g/mol. The summed E-state index contributed by atoms with van der Waals surface area (Å²) >= 11 is 3.36. The molecular formula is C13H16BrFN2. The Morgan fingerprint density at radius 2 is 1.82 bits per heavy atom. The van der Waals surface area contributed by atoms with Gasteiger partial charge in [-0.2, -0.15) is 0 Å². The van der Waals surface area contributed by atoms with Crippen LogP contribution in [0.4, 0.5) is 4.39 Å². The van der Waals surface area contributed by atoms with Crippen molar-refractivity contribution in [3.05, 3.63) is 46.3 Å². The van der Waals surface area contributed by atoms with Crippen LogP contribution in [-0.2, 0) is 0 Å². The molecule has 0 bridgehead atoms. The maximum Gasteiger partial charge on any atom is 0.123 e. The second-order valence-electron chi connectivity index (χ2n) is 4.65. The number of benzene rings is 1. The molecule has 0 aliphatic rings. The molecule has 0 radical (unpaired) electrons. The van der Waals surface area contributed by atoms with Crippen molar-refractivity contribution in [2.45, 2.75) is 26.3 Å². The minimum atomic E-state index is -0.267. The van der Waals surface area contributed by atoms with Gasteiger partial charge in [0.15, 0.2) is 0 Å². The fourth-order valence-electron chi connectivity index (χ4n) is 1.28. The van der Waals surface area contributed by atoms with E-state index in [-0.39, 0.29) is 11.4 Å². The van der Waals surface area contributed by atoms with E-state index in [4.69, 9.17) is 5.73 Å². The third-order valence-corrected chi connectivity index (χ3v) is 2.58. The molecule has 0 saturated heterocycles. The van der Waals surface area contributed by atoms with E-state index in [9.17, 15) is 4.39 Å². The Bertz CT molecular complexity index is 441. The lowest BCUT2D eigenvalue weighted by molar-refractivity contribution is 0.584. The normalized spacial score (nSPS) is 13.9. The van der Waals surface area contributed by atoms with E-state index in [1.54, 1.807) is 12.1 Å². The molecule has 4 heteroatoms. The molecule has 0 saturated carbocycles. The van der Waals surface area contributed by atoms with E-state index in [1.165, 1.54) is 18.3 Å². The average Bonchev–Trinajstić information content (AvgIpc) is 2.25. The first-order valence-electron chi connectivity index (χ1n) is 5.27. The topological polar surface area (TPSA) is 38.4 Å². The Morgan fingerprint density at radius 3 is 2.24 bits per heavy atom. The van der Waals surface area contributed by atoms with Gasteiger partial charge in [0.05, 0.1) is 15.7 Å². The van der Waals surface area contributed by atoms with Crippen molar-refractivity contribution >= 4 is 21.6 Å². The van der Waals surface area contributed by atoms with Crippen LogP contribution in [-0.4, -0.2) is 11.3 Å². The fraction of sp³-hybridized carbons (Fsp3) is 0.308. The summed E-state index contributed by atoms with van der Waals surface area (Å²) in [7, 11) is 0. The molecule has 0 heterocycles. The Hall–Kier alpha value is -1.16. The molecule has 2 nitrogen and oxygen atoms in total. The van der Waals surface area contributed by atoms with E-state index in [0.717, 1.165) is 11.3 Å². The predicted molar refractivity (Wildman–Crippen MR) is 73.9 cm³/mol. The highest BCUT2D eigenvalue weighted by molar-refractivity contribution is 9.12. The minimum absolute atomic E-state index is 0.230. The molecule has 17 heavy (non-hydrogen) atoms. The van der Waals surface area contributed by atoms with Crippen molar-refractivity contribution in [2.24, 2.45) is 10.7 Å². The van der Waals surface area contributed by atoms with Crippen molar-refractivity contribution in [1.29, 1.82) is 0 Å². The molecule has 0 atom stereocenters. The molecule has 0 spiro atoms. The van der Waals surface area contributed by atoms with Crippen molar-refractivity contribution < 1.29 is 4.39 Å². The molecule has 0 amide bonds. The molecule has 0 aromatic heterocycles. The van der Waals surface area contributed by atoms with E-state index in [0.29, 0.717) is 4.48 Å². The zero-order chi connectivity index (χ0) is 13.1. The summed E-state index contributed by atoms with van der Waals surface area (Å²) in [6.07, 6.45) is 1.44.